The van der Waals surface area contributed by atoms with E-state index in [-0.39, 0.29) is 12.1 Å². The van der Waals surface area contributed by atoms with Gasteiger partial charge in [0.25, 0.3) is 0 Å². The molecule has 2 heterocycles. The molecule has 1 aliphatic heterocycles. The number of piperidine rings is 1. The van der Waals surface area contributed by atoms with Crippen molar-refractivity contribution in [2.75, 3.05) is 6.54 Å². The van der Waals surface area contributed by atoms with Crippen molar-refractivity contribution in [1.29, 1.82) is 0 Å². The van der Waals surface area contributed by atoms with Crippen molar-refractivity contribution in [3.05, 3.63) is 30.1 Å². The number of hydrogen-bond acceptors (Lipinski definition) is 3. The summed E-state index contributed by atoms with van der Waals surface area (Å²) < 4.78 is 0. The van der Waals surface area contributed by atoms with Crippen LogP contribution in [0.4, 0.5) is 4.79 Å². The monoisotopic (exact) mass is 291 g/mol. The summed E-state index contributed by atoms with van der Waals surface area (Å²) in [5, 5.41) is 12.3. The van der Waals surface area contributed by atoms with Crippen LogP contribution < -0.4 is 5.32 Å². The van der Waals surface area contributed by atoms with Crippen molar-refractivity contribution in [2.45, 2.75) is 44.7 Å². The Morgan fingerprint density at radius 3 is 2.81 bits per heavy atom. The maximum Gasteiger partial charge on any atom is 0.329 e. The molecule has 0 aromatic carbocycles. The first-order valence-corrected chi connectivity index (χ1v) is 7.17. The third kappa shape index (κ3) is 3.15. The third-order valence-electron chi connectivity index (χ3n) is 4.07. The molecule has 6 nitrogen and oxygen atoms in total. The largest absolute Gasteiger partial charge is 0.480 e. The smallest absolute Gasteiger partial charge is 0.329 e. The molecular formula is C15H21N3O3. The predicted molar refractivity (Wildman–Crippen MR) is 77.8 cm³/mol. The fourth-order valence-electron chi connectivity index (χ4n) is 2.64. The molecule has 0 aliphatic carbocycles. The molecule has 2 amide bonds. The van der Waals surface area contributed by atoms with Crippen LogP contribution in [0.5, 0.6) is 0 Å². The van der Waals surface area contributed by atoms with E-state index in [1.807, 2.05) is 25.1 Å². The Labute approximate surface area is 124 Å². The minimum atomic E-state index is -1.13. The van der Waals surface area contributed by atoms with Gasteiger partial charge in [0.2, 0.25) is 0 Å². The Morgan fingerprint density at radius 1 is 1.43 bits per heavy atom. The van der Waals surface area contributed by atoms with E-state index in [0.717, 1.165) is 18.5 Å². The van der Waals surface area contributed by atoms with Gasteiger partial charge in [0, 0.05) is 12.7 Å². The molecule has 1 fully saturated rings. The summed E-state index contributed by atoms with van der Waals surface area (Å²) in [4.78, 5) is 29.6. The SMILES string of the molecule is CC(NC(=O)N1CCCCC1(C)C(=O)O)c1ccccn1. The molecule has 2 atom stereocenters. The first-order chi connectivity index (χ1) is 9.95. The topological polar surface area (TPSA) is 82.5 Å². The lowest BCUT2D eigenvalue weighted by molar-refractivity contribution is -0.150. The first kappa shape index (κ1) is 15.3. The summed E-state index contributed by atoms with van der Waals surface area (Å²) in [5.74, 6) is -0.956. The lowest BCUT2D eigenvalue weighted by Crippen LogP contribution is -2.60. The molecule has 0 spiro atoms. The van der Waals surface area contributed by atoms with Crippen LogP contribution in [0, 0.1) is 0 Å². The zero-order valence-electron chi connectivity index (χ0n) is 12.4. The molecule has 0 bridgehead atoms. The number of rotatable bonds is 3. The molecule has 1 aromatic rings. The minimum absolute atomic E-state index is 0.265. The molecule has 1 aliphatic rings. The number of urea groups is 1. The standard InChI is InChI=1S/C15H21N3O3/c1-11(12-7-3-5-9-16-12)17-14(21)18-10-6-4-8-15(18,2)13(19)20/h3,5,7,9,11H,4,6,8,10H2,1-2H3,(H,17,21)(H,19,20). The van der Waals surface area contributed by atoms with Crippen LogP contribution >= 0.6 is 0 Å². The lowest BCUT2D eigenvalue weighted by atomic mass is 9.89. The highest BCUT2D eigenvalue weighted by atomic mass is 16.4. The van der Waals surface area contributed by atoms with Crippen LogP contribution in [0.1, 0.15) is 44.8 Å². The highest BCUT2D eigenvalue weighted by molar-refractivity contribution is 5.86. The van der Waals surface area contributed by atoms with E-state index in [4.69, 9.17) is 0 Å². The molecule has 2 unspecified atom stereocenters. The Balaban J connectivity index is 2.10. The second-order valence-electron chi connectivity index (χ2n) is 5.61. The summed E-state index contributed by atoms with van der Waals surface area (Å²) in [5.41, 5.74) is -0.383. The van der Waals surface area contributed by atoms with E-state index in [1.54, 1.807) is 13.1 Å². The summed E-state index contributed by atoms with van der Waals surface area (Å²) in [6, 6.07) is 4.88. The van der Waals surface area contributed by atoms with Crippen LogP contribution in [0.15, 0.2) is 24.4 Å². The van der Waals surface area contributed by atoms with Crippen molar-refractivity contribution in [3.8, 4) is 0 Å². The van der Waals surface area contributed by atoms with Crippen molar-refractivity contribution >= 4 is 12.0 Å². The van der Waals surface area contributed by atoms with E-state index in [2.05, 4.69) is 10.3 Å². The second-order valence-corrected chi connectivity index (χ2v) is 5.61. The fourth-order valence-corrected chi connectivity index (χ4v) is 2.64. The van der Waals surface area contributed by atoms with Gasteiger partial charge in [-0.15, -0.1) is 0 Å². The number of amides is 2. The van der Waals surface area contributed by atoms with Crippen LogP contribution in [-0.2, 0) is 4.79 Å². The Bertz CT molecular complexity index is 520. The van der Waals surface area contributed by atoms with Gasteiger partial charge in [-0.3, -0.25) is 4.98 Å². The van der Waals surface area contributed by atoms with Crippen molar-refractivity contribution < 1.29 is 14.7 Å². The van der Waals surface area contributed by atoms with Gasteiger partial charge in [-0.1, -0.05) is 6.07 Å². The minimum Gasteiger partial charge on any atom is -0.480 e. The number of aliphatic carboxylic acids is 1. The number of nitrogens with one attached hydrogen (secondary N) is 1. The molecule has 1 saturated heterocycles. The van der Waals surface area contributed by atoms with Crippen LogP contribution in [0.25, 0.3) is 0 Å². The van der Waals surface area contributed by atoms with Gasteiger partial charge in [-0.25, -0.2) is 9.59 Å². The molecule has 2 N–H and O–H groups in total. The molecule has 114 valence electrons. The number of carboxylic acids is 1. The highest BCUT2D eigenvalue weighted by Gasteiger charge is 2.44. The lowest BCUT2D eigenvalue weighted by Gasteiger charge is -2.41. The Kier molecular flexibility index (Phi) is 4.45. The number of hydrogen-bond donors (Lipinski definition) is 2. The molecule has 0 radical (unpaired) electrons. The normalized spacial score (nSPS) is 23.4. The van der Waals surface area contributed by atoms with Gasteiger partial charge in [0.05, 0.1) is 11.7 Å². The first-order valence-electron chi connectivity index (χ1n) is 7.17. The summed E-state index contributed by atoms with van der Waals surface area (Å²) in [6.07, 6.45) is 3.80. The van der Waals surface area contributed by atoms with Gasteiger partial charge in [-0.05, 0) is 45.2 Å². The number of aromatic nitrogens is 1. The number of pyridine rings is 1. The molecule has 2 rings (SSSR count). The van der Waals surface area contributed by atoms with Crippen molar-refractivity contribution in [2.24, 2.45) is 0 Å². The van der Waals surface area contributed by atoms with Crippen LogP contribution in [0.2, 0.25) is 0 Å². The number of likely N-dealkylation sites (tertiary alicyclic amines) is 1. The molecular weight excluding hydrogens is 270 g/mol. The molecule has 1 aromatic heterocycles. The average molecular weight is 291 g/mol. The Morgan fingerprint density at radius 2 is 2.19 bits per heavy atom. The van der Waals surface area contributed by atoms with Crippen molar-refractivity contribution in [3.63, 3.8) is 0 Å². The zero-order chi connectivity index (χ0) is 15.5. The summed E-state index contributed by atoms with van der Waals surface area (Å²) in [6.45, 7) is 3.91. The van der Waals surface area contributed by atoms with E-state index in [9.17, 15) is 14.7 Å². The maximum atomic E-state index is 12.4. The zero-order valence-corrected chi connectivity index (χ0v) is 12.4. The fraction of sp³-hybridized carbons (Fsp3) is 0.533. The number of carbonyl (C=O) groups is 2. The molecule has 6 heteroatoms. The van der Waals surface area contributed by atoms with E-state index in [0.29, 0.717) is 13.0 Å². The van der Waals surface area contributed by atoms with Gasteiger partial charge < -0.3 is 15.3 Å². The number of carboxylic acid groups (broad SMARTS) is 1. The summed E-state index contributed by atoms with van der Waals surface area (Å²) in [7, 11) is 0. The van der Waals surface area contributed by atoms with Crippen LogP contribution in [0.3, 0.4) is 0 Å². The number of nitrogens with zero attached hydrogens (tertiary/aromatic N) is 2. The summed E-state index contributed by atoms with van der Waals surface area (Å²) >= 11 is 0. The van der Waals surface area contributed by atoms with E-state index in [1.165, 1.54) is 4.90 Å². The molecule has 0 saturated carbocycles. The average Bonchev–Trinajstić information content (AvgIpc) is 2.48. The highest BCUT2D eigenvalue weighted by Crippen LogP contribution is 2.28. The van der Waals surface area contributed by atoms with E-state index < -0.39 is 11.5 Å². The third-order valence-corrected chi connectivity index (χ3v) is 4.07. The van der Waals surface area contributed by atoms with Gasteiger partial charge in [-0.2, -0.15) is 0 Å². The maximum absolute atomic E-state index is 12.4. The van der Waals surface area contributed by atoms with Gasteiger partial charge >= 0.3 is 12.0 Å². The van der Waals surface area contributed by atoms with Gasteiger partial charge in [0.1, 0.15) is 5.54 Å². The second kappa shape index (κ2) is 6.11. The molecule has 21 heavy (non-hydrogen) atoms. The number of carbonyl (C=O) groups excluding carboxylic acids is 1. The van der Waals surface area contributed by atoms with Crippen LogP contribution in [-0.4, -0.2) is 39.1 Å². The van der Waals surface area contributed by atoms with Gasteiger partial charge in [0.15, 0.2) is 0 Å². The predicted octanol–water partition coefficient (Wildman–Crippen LogP) is 2.18. The van der Waals surface area contributed by atoms with E-state index >= 15 is 0 Å². The Hall–Kier alpha value is -2.11. The quantitative estimate of drug-likeness (QED) is 0.894. The van der Waals surface area contributed by atoms with Crippen molar-refractivity contribution in [1.82, 2.24) is 15.2 Å².